The van der Waals surface area contributed by atoms with Crippen LogP contribution < -0.4 is 4.90 Å². The van der Waals surface area contributed by atoms with Crippen molar-refractivity contribution < 1.29 is 13.2 Å². The van der Waals surface area contributed by atoms with Crippen LogP contribution in [-0.4, -0.2) is 46.4 Å². The van der Waals surface area contributed by atoms with Crippen molar-refractivity contribution in [3.8, 4) is 0 Å². The quantitative estimate of drug-likeness (QED) is 0.782. The number of benzene rings is 1. The van der Waals surface area contributed by atoms with Crippen LogP contribution in [-0.2, 0) is 11.1 Å². The van der Waals surface area contributed by atoms with Crippen LogP contribution in [0.3, 0.4) is 0 Å². The van der Waals surface area contributed by atoms with Crippen LogP contribution >= 0.6 is 0 Å². The number of rotatable bonds is 5. The Balaban J connectivity index is 1.51. The summed E-state index contributed by atoms with van der Waals surface area (Å²) >= 11 is -2.07. The summed E-state index contributed by atoms with van der Waals surface area (Å²) in [6.07, 6.45) is 4.73. The molecule has 2 aliphatic rings. The highest BCUT2D eigenvalue weighted by Crippen LogP contribution is 2.29. The molecule has 1 aromatic rings. The van der Waals surface area contributed by atoms with Gasteiger partial charge in [-0.1, -0.05) is 13.8 Å². The van der Waals surface area contributed by atoms with Crippen LogP contribution in [0, 0.1) is 23.6 Å². The third-order valence-corrected chi connectivity index (χ3v) is 6.82. The molecule has 0 aromatic heterocycles. The van der Waals surface area contributed by atoms with E-state index in [2.05, 4.69) is 18.7 Å². The summed E-state index contributed by atoms with van der Waals surface area (Å²) in [5.74, 6) is 2.02. The average Bonchev–Trinajstić information content (AvgIpc) is 2.63. The second-order valence-corrected chi connectivity index (χ2v) is 9.14. The summed E-state index contributed by atoms with van der Waals surface area (Å²) in [6, 6.07) is 4.19. The second kappa shape index (κ2) is 8.81. The minimum atomic E-state index is -2.07. The van der Waals surface area contributed by atoms with E-state index in [1.54, 1.807) is 0 Å². The molecule has 2 aliphatic heterocycles. The molecular formula is C20H31FN2O2S. The highest BCUT2D eigenvalue weighted by atomic mass is 32.2. The molecule has 6 heteroatoms. The first-order valence-corrected chi connectivity index (χ1v) is 10.9. The van der Waals surface area contributed by atoms with Crippen molar-refractivity contribution in [2.45, 2.75) is 44.4 Å². The number of nitrogens with zero attached hydrogens (tertiary/aromatic N) is 2. The summed E-state index contributed by atoms with van der Waals surface area (Å²) in [7, 11) is 0. The molecule has 2 saturated heterocycles. The van der Waals surface area contributed by atoms with Crippen LogP contribution in [0.1, 0.15) is 39.5 Å². The monoisotopic (exact) mass is 382 g/mol. The lowest BCUT2D eigenvalue weighted by Crippen LogP contribution is -2.42. The molecule has 2 fully saturated rings. The van der Waals surface area contributed by atoms with E-state index in [1.165, 1.54) is 44.1 Å². The Bertz CT molecular complexity index is 624. The van der Waals surface area contributed by atoms with E-state index < -0.39 is 11.1 Å². The number of halogens is 1. The van der Waals surface area contributed by atoms with Gasteiger partial charge in [0, 0.05) is 19.6 Å². The molecule has 3 rings (SSSR count). The molecule has 1 N–H and O–H groups in total. The molecule has 0 bridgehead atoms. The molecule has 26 heavy (non-hydrogen) atoms. The molecule has 0 radical (unpaired) electrons. The van der Waals surface area contributed by atoms with Crippen LogP contribution in [0.25, 0.3) is 0 Å². The van der Waals surface area contributed by atoms with E-state index in [1.807, 2.05) is 4.90 Å². The van der Waals surface area contributed by atoms with Gasteiger partial charge in [0.25, 0.3) is 0 Å². The number of hydrogen-bond acceptors (Lipinski definition) is 3. The molecule has 1 aromatic carbocycles. The van der Waals surface area contributed by atoms with E-state index in [0.717, 1.165) is 44.3 Å². The molecular weight excluding hydrogens is 351 g/mol. The van der Waals surface area contributed by atoms with Crippen LogP contribution in [0.5, 0.6) is 0 Å². The van der Waals surface area contributed by atoms with E-state index in [0.29, 0.717) is 11.6 Å². The Morgan fingerprint density at radius 1 is 1.15 bits per heavy atom. The standard InChI is InChI=1S/C20H31FN2O2S/c1-15(2)17-7-9-22(10-8-17)14-16-5-11-23(12-6-16)20-13-18(26(24)25)3-4-19(20)21/h3-4,13,15-17H,5-12,14H2,1-2H3,(H,24,25). The van der Waals surface area contributed by atoms with Gasteiger partial charge in [0.1, 0.15) is 5.82 Å². The van der Waals surface area contributed by atoms with E-state index in [-0.39, 0.29) is 10.7 Å². The zero-order valence-electron chi connectivity index (χ0n) is 15.9. The van der Waals surface area contributed by atoms with Gasteiger partial charge in [0.2, 0.25) is 0 Å². The van der Waals surface area contributed by atoms with Gasteiger partial charge in [-0.3, -0.25) is 0 Å². The largest absolute Gasteiger partial charge is 0.369 e. The van der Waals surface area contributed by atoms with Gasteiger partial charge in [-0.2, -0.15) is 0 Å². The lowest BCUT2D eigenvalue weighted by atomic mass is 9.86. The Morgan fingerprint density at radius 3 is 2.38 bits per heavy atom. The lowest BCUT2D eigenvalue weighted by Gasteiger charge is -2.39. The Labute approximate surface area is 159 Å². The van der Waals surface area contributed by atoms with Crippen molar-refractivity contribution in [3.05, 3.63) is 24.0 Å². The summed E-state index contributed by atoms with van der Waals surface area (Å²) in [4.78, 5) is 4.89. The van der Waals surface area contributed by atoms with Crippen molar-refractivity contribution in [3.63, 3.8) is 0 Å². The predicted molar refractivity (Wildman–Crippen MR) is 104 cm³/mol. The van der Waals surface area contributed by atoms with Gasteiger partial charge in [0.15, 0.2) is 11.1 Å². The SMILES string of the molecule is CC(C)C1CCN(CC2CCN(c3cc(S(=O)O)ccc3F)CC2)CC1. The normalized spacial score (nSPS) is 22.1. The Hall–Kier alpha value is -0.980. The minimum Gasteiger partial charge on any atom is -0.369 e. The fraction of sp³-hybridized carbons (Fsp3) is 0.700. The van der Waals surface area contributed by atoms with Crippen molar-refractivity contribution >= 4 is 16.8 Å². The smallest absolute Gasteiger partial charge is 0.186 e. The van der Waals surface area contributed by atoms with Crippen molar-refractivity contribution in [2.24, 2.45) is 17.8 Å². The predicted octanol–water partition coefficient (Wildman–Crippen LogP) is 3.99. The zero-order chi connectivity index (χ0) is 18.7. The van der Waals surface area contributed by atoms with E-state index in [4.69, 9.17) is 0 Å². The Kier molecular flexibility index (Phi) is 6.70. The van der Waals surface area contributed by atoms with Gasteiger partial charge in [-0.25, -0.2) is 8.60 Å². The third kappa shape index (κ3) is 4.84. The number of likely N-dealkylation sites (tertiary alicyclic amines) is 1. The molecule has 1 unspecified atom stereocenters. The van der Waals surface area contributed by atoms with Gasteiger partial charge in [-0.05, 0) is 74.7 Å². The maximum absolute atomic E-state index is 14.2. The fourth-order valence-corrected chi connectivity index (χ4v) is 4.76. The lowest BCUT2D eigenvalue weighted by molar-refractivity contribution is 0.132. The number of anilines is 1. The number of piperidine rings is 2. The molecule has 146 valence electrons. The Morgan fingerprint density at radius 2 is 1.81 bits per heavy atom. The molecule has 0 saturated carbocycles. The van der Waals surface area contributed by atoms with Crippen LogP contribution in [0.2, 0.25) is 0 Å². The molecule has 4 nitrogen and oxygen atoms in total. The van der Waals surface area contributed by atoms with Crippen LogP contribution in [0.15, 0.2) is 23.1 Å². The van der Waals surface area contributed by atoms with E-state index in [9.17, 15) is 13.2 Å². The topological polar surface area (TPSA) is 43.8 Å². The first kappa shape index (κ1) is 19.8. The zero-order valence-corrected chi connectivity index (χ0v) is 16.7. The first-order chi connectivity index (χ1) is 12.4. The molecule has 2 heterocycles. The number of hydrogen-bond donors (Lipinski definition) is 1. The first-order valence-electron chi connectivity index (χ1n) is 9.81. The summed E-state index contributed by atoms with van der Waals surface area (Å²) < 4.78 is 34.6. The van der Waals surface area contributed by atoms with Gasteiger partial charge in [0.05, 0.1) is 10.6 Å². The molecule has 0 amide bonds. The van der Waals surface area contributed by atoms with Crippen molar-refractivity contribution in [1.82, 2.24) is 4.90 Å². The maximum atomic E-state index is 14.2. The van der Waals surface area contributed by atoms with Gasteiger partial charge in [-0.15, -0.1) is 0 Å². The highest BCUT2D eigenvalue weighted by Gasteiger charge is 2.26. The average molecular weight is 383 g/mol. The summed E-state index contributed by atoms with van der Waals surface area (Å²) in [6.45, 7) is 9.86. The summed E-state index contributed by atoms with van der Waals surface area (Å²) in [5.41, 5.74) is 0.459. The van der Waals surface area contributed by atoms with Gasteiger partial charge >= 0.3 is 0 Å². The van der Waals surface area contributed by atoms with Gasteiger partial charge < -0.3 is 14.4 Å². The third-order valence-electron chi connectivity index (χ3n) is 6.17. The highest BCUT2D eigenvalue weighted by molar-refractivity contribution is 7.79. The molecule has 1 atom stereocenters. The fourth-order valence-electron chi connectivity index (χ4n) is 4.37. The second-order valence-electron chi connectivity index (χ2n) is 8.17. The van der Waals surface area contributed by atoms with E-state index >= 15 is 0 Å². The minimum absolute atomic E-state index is 0.261. The van der Waals surface area contributed by atoms with Crippen LogP contribution in [0.4, 0.5) is 10.1 Å². The summed E-state index contributed by atoms with van der Waals surface area (Å²) in [5, 5.41) is 0. The molecule has 0 aliphatic carbocycles. The van der Waals surface area contributed by atoms with Crippen molar-refractivity contribution in [1.29, 1.82) is 0 Å². The van der Waals surface area contributed by atoms with Crippen molar-refractivity contribution in [2.75, 3.05) is 37.6 Å². The maximum Gasteiger partial charge on any atom is 0.186 e. The molecule has 0 spiro atoms.